The first-order valence-electron chi connectivity index (χ1n) is 20.3. The highest BCUT2D eigenvalue weighted by Gasteiger charge is 2.42. The Balaban J connectivity index is 1.07. The van der Waals surface area contributed by atoms with E-state index in [0.29, 0.717) is 0 Å². The Hall–Kier alpha value is -5.66. The molecule has 0 bridgehead atoms. The van der Waals surface area contributed by atoms with Crippen molar-refractivity contribution in [2.24, 2.45) is 0 Å². The predicted octanol–water partition coefficient (Wildman–Crippen LogP) is 15.0. The van der Waals surface area contributed by atoms with Crippen LogP contribution in [0.2, 0.25) is 0 Å². The lowest BCUT2D eigenvalue weighted by atomic mass is 9.78. The van der Waals surface area contributed by atoms with Gasteiger partial charge in [0.2, 0.25) is 0 Å². The van der Waals surface area contributed by atoms with Crippen LogP contribution in [0, 0.1) is 0 Å². The smallest absolute Gasteiger partial charge is 0.0467 e. The Kier molecular flexibility index (Phi) is 7.26. The molecular weight excluding hydrogens is 675 g/mol. The zero-order valence-corrected chi connectivity index (χ0v) is 34.3. The van der Waals surface area contributed by atoms with Crippen LogP contribution < -0.4 is 4.90 Å². The van der Waals surface area contributed by atoms with Crippen LogP contribution in [0.5, 0.6) is 0 Å². The second-order valence-corrected chi connectivity index (χ2v) is 19.1. The molecule has 7 aromatic carbocycles. The summed E-state index contributed by atoms with van der Waals surface area (Å²) in [6.45, 7) is 21.3. The number of fused-ring (bicyclic) bond motifs is 9. The van der Waals surface area contributed by atoms with Gasteiger partial charge in [-0.25, -0.2) is 0 Å². The van der Waals surface area contributed by atoms with Crippen LogP contribution in [0.3, 0.4) is 0 Å². The number of hydrogen-bond acceptors (Lipinski definition) is 1. The minimum atomic E-state index is -0.0938. The molecule has 10 rings (SSSR count). The first-order chi connectivity index (χ1) is 26.7. The molecule has 0 spiro atoms. The van der Waals surface area contributed by atoms with E-state index in [2.05, 4.69) is 213 Å². The van der Waals surface area contributed by atoms with E-state index in [9.17, 15) is 0 Å². The van der Waals surface area contributed by atoms with Gasteiger partial charge < -0.3 is 4.90 Å². The Morgan fingerprint density at radius 3 is 1.57 bits per heavy atom. The molecule has 7 aromatic rings. The van der Waals surface area contributed by atoms with Gasteiger partial charge in [0.15, 0.2) is 0 Å². The van der Waals surface area contributed by atoms with Gasteiger partial charge in [0, 0.05) is 33.3 Å². The molecule has 56 heavy (non-hydrogen) atoms. The van der Waals surface area contributed by atoms with E-state index in [1.54, 1.807) is 0 Å². The summed E-state index contributed by atoms with van der Waals surface area (Å²) in [6.07, 6.45) is 0. The lowest BCUT2D eigenvalue weighted by molar-refractivity contribution is 0.584. The van der Waals surface area contributed by atoms with E-state index in [1.807, 2.05) is 0 Å². The van der Waals surface area contributed by atoms with Crippen molar-refractivity contribution in [1.29, 1.82) is 0 Å². The average Bonchev–Trinajstić information content (AvgIpc) is 3.66. The molecule has 1 nitrogen and oxygen atoms in total. The third-order valence-corrected chi connectivity index (χ3v) is 13.6. The normalized spacial score (nSPS) is 16.0. The molecule has 3 aliphatic rings. The zero-order chi connectivity index (χ0) is 38.9. The van der Waals surface area contributed by atoms with Gasteiger partial charge in [-0.2, -0.15) is 0 Å². The predicted molar refractivity (Wildman–Crippen MR) is 238 cm³/mol. The summed E-state index contributed by atoms with van der Waals surface area (Å²) < 4.78 is 0. The SMILES string of the molecule is CC(C)(C)c1ccc2c(c1)C(C)(C)c1cc3c(cc1-2)C(C)(C)c1ccc(-c2cccc(N(c4ccccc4)c4ccc5c(c4)C(C)(C)c4ccccc4-5)c2)cc1-3. The Labute approximate surface area is 333 Å². The first kappa shape index (κ1) is 34.8. The Morgan fingerprint density at radius 1 is 0.339 bits per heavy atom. The monoisotopic (exact) mass is 725 g/mol. The number of benzene rings is 7. The van der Waals surface area contributed by atoms with Gasteiger partial charge in [-0.05, 0) is 143 Å². The average molecular weight is 726 g/mol. The highest BCUT2D eigenvalue weighted by molar-refractivity contribution is 5.92. The minimum absolute atomic E-state index is 0.0732. The molecule has 0 aliphatic heterocycles. The summed E-state index contributed by atoms with van der Waals surface area (Å²) in [6, 6.07) is 55.4. The van der Waals surface area contributed by atoms with E-state index in [-0.39, 0.29) is 21.7 Å². The van der Waals surface area contributed by atoms with E-state index in [0.717, 1.165) is 11.4 Å². The minimum Gasteiger partial charge on any atom is -0.310 e. The highest BCUT2D eigenvalue weighted by atomic mass is 15.1. The largest absolute Gasteiger partial charge is 0.310 e. The summed E-state index contributed by atoms with van der Waals surface area (Å²) in [4.78, 5) is 2.42. The summed E-state index contributed by atoms with van der Waals surface area (Å²) in [5, 5.41) is 0. The fraction of sp³-hybridized carbons (Fsp3) is 0.236. The van der Waals surface area contributed by atoms with Crippen molar-refractivity contribution >= 4 is 17.1 Å². The first-order valence-corrected chi connectivity index (χ1v) is 20.3. The molecule has 276 valence electrons. The molecule has 0 fully saturated rings. The van der Waals surface area contributed by atoms with E-state index in [4.69, 9.17) is 0 Å². The zero-order valence-electron chi connectivity index (χ0n) is 34.3. The lowest BCUT2D eigenvalue weighted by Gasteiger charge is -2.28. The molecule has 0 saturated heterocycles. The van der Waals surface area contributed by atoms with Gasteiger partial charge in [-0.1, -0.05) is 153 Å². The third kappa shape index (κ3) is 4.92. The summed E-state index contributed by atoms with van der Waals surface area (Å²) >= 11 is 0. The second-order valence-electron chi connectivity index (χ2n) is 19.1. The quantitative estimate of drug-likeness (QED) is 0.175. The fourth-order valence-corrected chi connectivity index (χ4v) is 10.3. The van der Waals surface area contributed by atoms with Crippen molar-refractivity contribution < 1.29 is 0 Å². The summed E-state index contributed by atoms with van der Waals surface area (Å²) in [7, 11) is 0. The van der Waals surface area contributed by atoms with Crippen LogP contribution in [0.25, 0.3) is 44.5 Å². The van der Waals surface area contributed by atoms with E-state index < -0.39 is 0 Å². The van der Waals surface area contributed by atoms with Gasteiger partial charge in [0.1, 0.15) is 0 Å². The Morgan fingerprint density at radius 2 is 0.839 bits per heavy atom. The molecule has 0 amide bonds. The molecular formula is C55H51N. The van der Waals surface area contributed by atoms with Crippen LogP contribution in [-0.4, -0.2) is 0 Å². The molecule has 0 saturated carbocycles. The number of anilines is 3. The van der Waals surface area contributed by atoms with Crippen molar-refractivity contribution in [2.75, 3.05) is 4.90 Å². The van der Waals surface area contributed by atoms with Crippen molar-refractivity contribution in [3.8, 4) is 44.5 Å². The van der Waals surface area contributed by atoms with Crippen LogP contribution in [-0.2, 0) is 21.7 Å². The molecule has 3 aliphatic carbocycles. The maximum absolute atomic E-state index is 2.54. The topological polar surface area (TPSA) is 3.24 Å². The third-order valence-electron chi connectivity index (χ3n) is 13.6. The summed E-state index contributed by atoms with van der Waals surface area (Å²) in [5.41, 5.74) is 23.9. The maximum atomic E-state index is 2.54. The molecule has 0 radical (unpaired) electrons. The van der Waals surface area contributed by atoms with Gasteiger partial charge in [0.05, 0.1) is 0 Å². The second kappa shape index (κ2) is 11.7. The van der Waals surface area contributed by atoms with Gasteiger partial charge >= 0.3 is 0 Å². The van der Waals surface area contributed by atoms with Crippen molar-refractivity contribution in [3.63, 3.8) is 0 Å². The lowest BCUT2D eigenvalue weighted by Crippen LogP contribution is -2.18. The molecule has 0 N–H and O–H groups in total. The number of hydrogen-bond donors (Lipinski definition) is 0. The van der Waals surface area contributed by atoms with Crippen LogP contribution in [0.4, 0.5) is 17.1 Å². The maximum Gasteiger partial charge on any atom is 0.0467 e. The van der Waals surface area contributed by atoms with E-state index >= 15 is 0 Å². The van der Waals surface area contributed by atoms with Crippen LogP contribution >= 0.6 is 0 Å². The molecule has 0 heterocycles. The standard InChI is InChI=1S/C55H51N/c1-52(2,3)36-23-25-42-44-32-51-45(33-50(44)55(8,9)48(42)30-36)43-29-35(22-27-47(43)54(51,6)7)34-16-15-19-38(28-34)56(37-17-11-10-12-18-37)39-24-26-41-40-20-13-14-21-46(40)53(4,5)49(41)31-39/h10-33H,1-9H3. The van der Waals surface area contributed by atoms with Crippen molar-refractivity contribution in [1.82, 2.24) is 0 Å². The van der Waals surface area contributed by atoms with Gasteiger partial charge in [0.25, 0.3) is 0 Å². The number of nitrogens with zero attached hydrogens (tertiary/aromatic N) is 1. The fourth-order valence-electron chi connectivity index (χ4n) is 10.3. The van der Waals surface area contributed by atoms with Crippen LogP contribution in [0.15, 0.2) is 146 Å². The van der Waals surface area contributed by atoms with Gasteiger partial charge in [-0.3, -0.25) is 0 Å². The molecule has 0 aromatic heterocycles. The van der Waals surface area contributed by atoms with Crippen LogP contribution in [0.1, 0.15) is 101 Å². The molecule has 1 heteroatoms. The van der Waals surface area contributed by atoms with Gasteiger partial charge in [-0.15, -0.1) is 0 Å². The van der Waals surface area contributed by atoms with Crippen molar-refractivity contribution in [3.05, 3.63) is 185 Å². The highest BCUT2D eigenvalue weighted by Crippen LogP contribution is 2.57. The number of para-hydroxylation sites is 1. The Bertz CT molecular complexity index is 2750. The van der Waals surface area contributed by atoms with Crippen molar-refractivity contribution in [2.45, 2.75) is 84.0 Å². The number of rotatable bonds is 4. The molecule has 0 atom stereocenters. The summed E-state index contributed by atoms with van der Waals surface area (Å²) in [5.74, 6) is 0. The van der Waals surface area contributed by atoms with E-state index in [1.165, 1.54) is 89.1 Å². The molecule has 0 unspecified atom stereocenters.